The van der Waals surface area contributed by atoms with Crippen molar-refractivity contribution in [1.82, 2.24) is 57.5 Å². The highest BCUT2D eigenvalue weighted by Gasteiger charge is 2.57. The Bertz CT molecular complexity index is 1570. The van der Waals surface area contributed by atoms with Crippen LogP contribution in [0.3, 0.4) is 0 Å². The SMILES string of the molecule is O=S(=O)(Nc1nc(Cl)nc(Cl)n1)C1CCCC2C3NC4NC(NC5NC(NC6NC(NC(N3)C21)C1CCCCC61)C1CCCCC51)C1CCCCC41. The molecule has 5 aliphatic heterocycles. The van der Waals surface area contributed by atoms with Gasteiger partial charge in [-0.2, -0.15) is 15.0 Å². The highest BCUT2D eigenvalue weighted by molar-refractivity contribution is 7.93. The fourth-order valence-electron chi connectivity index (χ4n) is 12.9. The van der Waals surface area contributed by atoms with Gasteiger partial charge in [0.05, 0.1) is 54.6 Å². The quantitative estimate of drug-likeness (QED) is 0.219. The Labute approximate surface area is 317 Å². The molecule has 4 aliphatic carbocycles. The molecule has 17 atom stereocenters. The molecule has 10 rings (SSSR count). The fraction of sp³-hybridized carbons (Fsp3) is 0.914. The van der Waals surface area contributed by atoms with Gasteiger partial charge in [0, 0.05) is 5.92 Å². The number of halogens is 2. The summed E-state index contributed by atoms with van der Waals surface area (Å²) in [6, 6.07) is 0. The zero-order valence-corrected chi connectivity index (χ0v) is 32.1. The van der Waals surface area contributed by atoms with Gasteiger partial charge in [0.25, 0.3) is 0 Å². The number of sulfonamides is 1. The maximum absolute atomic E-state index is 14.4. The predicted octanol–water partition coefficient (Wildman–Crippen LogP) is 2.52. The highest BCUT2D eigenvalue weighted by Crippen LogP contribution is 2.46. The van der Waals surface area contributed by atoms with Crippen LogP contribution in [0.15, 0.2) is 0 Å². The van der Waals surface area contributed by atoms with Crippen molar-refractivity contribution in [3.8, 4) is 0 Å². The molecule has 9 N–H and O–H groups in total. The summed E-state index contributed by atoms with van der Waals surface area (Å²) < 4.78 is 31.4. The van der Waals surface area contributed by atoms with E-state index in [9.17, 15) is 8.42 Å². The first-order valence-electron chi connectivity index (χ1n) is 20.5. The van der Waals surface area contributed by atoms with E-state index < -0.39 is 15.3 Å². The Balaban J connectivity index is 0.997. The highest BCUT2D eigenvalue weighted by atomic mass is 35.5. The molecule has 17 unspecified atom stereocenters. The Morgan fingerprint density at radius 2 is 0.769 bits per heavy atom. The van der Waals surface area contributed by atoms with Crippen LogP contribution in [-0.4, -0.2) is 77.9 Å². The first-order valence-corrected chi connectivity index (χ1v) is 22.8. The van der Waals surface area contributed by atoms with Crippen molar-refractivity contribution in [2.45, 2.75) is 151 Å². The third-order valence-electron chi connectivity index (χ3n) is 15.0. The molecule has 1 aromatic heterocycles. The lowest BCUT2D eigenvalue weighted by Gasteiger charge is -2.39. The molecular weight excluding hydrogens is 723 g/mol. The number of rotatable bonds is 3. The molecular formula is C35H56Cl2N12O2S. The van der Waals surface area contributed by atoms with Crippen LogP contribution in [0.25, 0.3) is 0 Å². The van der Waals surface area contributed by atoms with Crippen molar-refractivity contribution < 1.29 is 8.42 Å². The second kappa shape index (κ2) is 14.2. The number of anilines is 1. The van der Waals surface area contributed by atoms with E-state index in [1.165, 1.54) is 77.0 Å². The molecule has 14 nitrogen and oxygen atoms in total. The molecule has 17 heteroatoms. The van der Waals surface area contributed by atoms with Crippen LogP contribution < -0.4 is 47.3 Å². The molecule has 1 aromatic rings. The van der Waals surface area contributed by atoms with E-state index >= 15 is 0 Å². The molecule has 4 saturated carbocycles. The van der Waals surface area contributed by atoms with Crippen LogP contribution in [0.2, 0.25) is 10.6 Å². The van der Waals surface area contributed by atoms with E-state index in [2.05, 4.69) is 62.2 Å². The summed E-state index contributed by atoms with van der Waals surface area (Å²) >= 11 is 12.1. The Kier molecular flexibility index (Phi) is 9.67. The van der Waals surface area contributed by atoms with Crippen molar-refractivity contribution in [3.05, 3.63) is 10.6 Å². The van der Waals surface area contributed by atoms with Crippen LogP contribution >= 0.6 is 23.2 Å². The Morgan fingerprint density at radius 1 is 0.442 bits per heavy atom. The van der Waals surface area contributed by atoms with Crippen LogP contribution in [0, 0.1) is 47.3 Å². The molecule has 6 heterocycles. The lowest BCUT2D eigenvalue weighted by atomic mass is 9.76. The van der Waals surface area contributed by atoms with Gasteiger partial charge >= 0.3 is 0 Å². The second-order valence-corrected chi connectivity index (χ2v) is 20.1. The molecule has 288 valence electrons. The van der Waals surface area contributed by atoms with Gasteiger partial charge in [-0.3, -0.25) is 47.3 Å². The van der Waals surface area contributed by atoms with Gasteiger partial charge in [-0.15, -0.1) is 0 Å². The predicted molar refractivity (Wildman–Crippen MR) is 199 cm³/mol. The maximum atomic E-state index is 14.4. The topological polar surface area (TPSA) is 181 Å². The van der Waals surface area contributed by atoms with Gasteiger partial charge < -0.3 is 0 Å². The fourth-order valence-corrected chi connectivity index (χ4v) is 15.0. The summed E-state index contributed by atoms with van der Waals surface area (Å²) in [5, 5.41) is 31.9. The molecule has 9 fully saturated rings. The summed E-state index contributed by atoms with van der Waals surface area (Å²) in [6.45, 7) is 0. The van der Waals surface area contributed by atoms with Crippen LogP contribution in [0.5, 0.6) is 0 Å². The van der Waals surface area contributed by atoms with Crippen molar-refractivity contribution in [3.63, 3.8) is 0 Å². The van der Waals surface area contributed by atoms with E-state index in [4.69, 9.17) is 23.2 Å². The minimum atomic E-state index is -3.92. The lowest BCUT2D eigenvalue weighted by Crippen LogP contribution is -2.62. The van der Waals surface area contributed by atoms with E-state index in [1.807, 2.05) is 0 Å². The second-order valence-electron chi connectivity index (χ2n) is 17.5. The molecule has 0 amide bonds. The number of hydrogen-bond donors (Lipinski definition) is 9. The number of nitrogens with one attached hydrogen (secondary N) is 9. The first kappa shape index (κ1) is 35.4. The van der Waals surface area contributed by atoms with Crippen molar-refractivity contribution in [1.29, 1.82) is 0 Å². The number of nitrogens with zero attached hydrogens (tertiary/aromatic N) is 3. The van der Waals surface area contributed by atoms with E-state index in [0.29, 0.717) is 41.9 Å². The van der Waals surface area contributed by atoms with Gasteiger partial charge in [-0.05, 0) is 116 Å². The molecule has 5 saturated heterocycles. The van der Waals surface area contributed by atoms with Gasteiger partial charge in [0.1, 0.15) is 0 Å². The van der Waals surface area contributed by atoms with Gasteiger partial charge in [0.15, 0.2) is 0 Å². The van der Waals surface area contributed by atoms with Gasteiger partial charge in [-0.1, -0.05) is 44.9 Å². The summed E-state index contributed by atoms with van der Waals surface area (Å²) in [5.74, 6) is 3.12. The van der Waals surface area contributed by atoms with Crippen molar-refractivity contribution in [2.24, 2.45) is 47.3 Å². The zero-order chi connectivity index (χ0) is 35.1. The van der Waals surface area contributed by atoms with Crippen molar-refractivity contribution in [2.75, 3.05) is 4.72 Å². The standard InChI is InChI=1S/C35H56Cl2N12O2S/c36-33-46-34(37)48-35(47-33)49-52(50,51)23-15-7-14-22-24(23)32-44-30-21-13-6-5-12-20(21)28(42-30)40-26-17-9-2-1-8-16(17)25(38-26)39-27-18-10-3-4-11-19(18)29(41-27)43-31(22)45-32/h16-32,38-45H,1-15H2,(H,46,47,48,49). The monoisotopic (exact) mass is 778 g/mol. The molecule has 0 spiro atoms. The average molecular weight is 780 g/mol. The average Bonchev–Trinajstić information content (AvgIpc) is 3.87. The molecule has 0 radical (unpaired) electrons. The number of aromatic nitrogens is 3. The first-order chi connectivity index (χ1) is 25.3. The summed E-state index contributed by atoms with van der Waals surface area (Å²) in [6.07, 6.45) is 18.3. The Morgan fingerprint density at radius 3 is 1.15 bits per heavy atom. The molecule has 8 bridgehead atoms. The van der Waals surface area contributed by atoms with Crippen LogP contribution in [0.4, 0.5) is 5.95 Å². The lowest BCUT2D eigenvalue weighted by molar-refractivity contribution is 0.168. The van der Waals surface area contributed by atoms with Gasteiger partial charge in [0.2, 0.25) is 26.5 Å². The number of hydrogen-bond acceptors (Lipinski definition) is 13. The minimum absolute atomic E-state index is 0.0394. The summed E-state index contributed by atoms with van der Waals surface area (Å²) in [4.78, 5) is 11.9. The number of fused-ring (bicyclic) bond motifs is 20. The summed E-state index contributed by atoms with van der Waals surface area (Å²) in [5.41, 5.74) is 0. The van der Waals surface area contributed by atoms with Crippen molar-refractivity contribution >= 4 is 39.2 Å². The van der Waals surface area contributed by atoms with E-state index in [-0.39, 0.29) is 77.7 Å². The van der Waals surface area contributed by atoms with Crippen LogP contribution in [-0.2, 0) is 10.0 Å². The summed E-state index contributed by atoms with van der Waals surface area (Å²) in [7, 11) is -3.92. The molecule has 9 aliphatic rings. The third-order valence-corrected chi connectivity index (χ3v) is 17.2. The van der Waals surface area contributed by atoms with Crippen LogP contribution in [0.1, 0.15) is 96.3 Å². The van der Waals surface area contributed by atoms with Gasteiger partial charge in [-0.25, -0.2) is 8.42 Å². The molecule has 52 heavy (non-hydrogen) atoms. The Hall–Kier alpha value is -0.980. The van der Waals surface area contributed by atoms with E-state index in [1.54, 1.807) is 0 Å². The largest absolute Gasteiger partial charge is 0.286 e. The third kappa shape index (κ3) is 6.39. The minimum Gasteiger partial charge on any atom is -0.286 e. The van der Waals surface area contributed by atoms with E-state index in [0.717, 1.165) is 12.8 Å². The normalized spacial score (nSPS) is 48.7. The zero-order valence-electron chi connectivity index (χ0n) is 29.7. The maximum Gasteiger partial charge on any atom is 0.242 e. The molecule has 0 aromatic carbocycles. The smallest absolute Gasteiger partial charge is 0.242 e.